The third kappa shape index (κ3) is 3.61. The lowest BCUT2D eigenvalue weighted by Crippen LogP contribution is -2.23. The van der Waals surface area contributed by atoms with E-state index in [2.05, 4.69) is 0 Å². The Bertz CT molecular complexity index is 299. The first kappa shape index (κ1) is 12.1. The smallest absolute Gasteiger partial charge is 0.128 e. The van der Waals surface area contributed by atoms with Crippen LogP contribution in [0.1, 0.15) is 19.4 Å². The first-order valence-corrected chi connectivity index (χ1v) is 5.11. The van der Waals surface area contributed by atoms with E-state index in [-0.39, 0.29) is 31.1 Å². The zero-order valence-electron chi connectivity index (χ0n) is 9.11. The largest absolute Gasteiger partial charge is 0.394 e. The summed E-state index contributed by atoms with van der Waals surface area (Å²) in [5.41, 5.74) is 0.525. The van der Waals surface area contributed by atoms with Crippen LogP contribution < -0.4 is 0 Å². The van der Waals surface area contributed by atoms with Gasteiger partial charge in [0.2, 0.25) is 0 Å². The van der Waals surface area contributed by atoms with E-state index < -0.39 is 0 Å². The fourth-order valence-electron chi connectivity index (χ4n) is 1.27. The summed E-state index contributed by atoms with van der Waals surface area (Å²) >= 11 is 0. The number of ether oxygens (including phenoxy) is 1. The van der Waals surface area contributed by atoms with Gasteiger partial charge in [0.15, 0.2) is 0 Å². The quantitative estimate of drug-likeness (QED) is 0.811. The molecule has 1 aromatic rings. The molecule has 0 fully saturated rings. The van der Waals surface area contributed by atoms with Crippen LogP contribution >= 0.6 is 0 Å². The average molecular weight is 212 g/mol. The van der Waals surface area contributed by atoms with E-state index in [0.717, 1.165) is 0 Å². The summed E-state index contributed by atoms with van der Waals surface area (Å²) in [7, 11) is 0. The van der Waals surface area contributed by atoms with Crippen LogP contribution in [0.4, 0.5) is 4.39 Å². The number of benzene rings is 1. The summed E-state index contributed by atoms with van der Waals surface area (Å²) in [6.07, 6.45) is -0.232. The Balaban J connectivity index is 2.53. The van der Waals surface area contributed by atoms with Crippen LogP contribution in [0.2, 0.25) is 0 Å². The molecule has 1 aromatic carbocycles. The molecule has 0 aliphatic heterocycles. The monoisotopic (exact) mass is 212 g/mol. The van der Waals surface area contributed by atoms with E-state index in [4.69, 9.17) is 9.84 Å². The Kier molecular flexibility index (Phi) is 4.72. The van der Waals surface area contributed by atoms with Gasteiger partial charge >= 0.3 is 0 Å². The zero-order valence-corrected chi connectivity index (χ0v) is 9.11. The lowest BCUT2D eigenvalue weighted by molar-refractivity contribution is -0.0249. The van der Waals surface area contributed by atoms with Gasteiger partial charge < -0.3 is 9.84 Å². The fourth-order valence-corrected chi connectivity index (χ4v) is 1.27. The van der Waals surface area contributed by atoms with Gasteiger partial charge in [0.05, 0.1) is 19.3 Å². The van der Waals surface area contributed by atoms with Gasteiger partial charge in [0.1, 0.15) is 5.82 Å². The van der Waals surface area contributed by atoms with E-state index in [9.17, 15) is 4.39 Å². The van der Waals surface area contributed by atoms with Crippen molar-refractivity contribution < 1.29 is 14.2 Å². The molecule has 15 heavy (non-hydrogen) atoms. The molecule has 1 N–H and O–H groups in total. The second-order valence-electron chi connectivity index (χ2n) is 3.87. The molecule has 1 atom stereocenters. The van der Waals surface area contributed by atoms with Crippen LogP contribution in [0.3, 0.4) is 0 Å². The van der Waals surface area contributed by atoms with Crippen LogP contribution in [0, 0.1) is 11.7 Å². The first-order chi connectivity index (χ1) is 7.15. The van der Waals surface area contributed by atoms with Crippen molar-refractivity contribution in [3.8, 4) is 0 Å². The number of aliphatic hydroxyl groups is 1. The summed E-state index contributed by atoms with van der Waals surface area (Å²) in [4.78, 5) is 0. The van der Waals surface area contributed by atoms with Gasteiger partial charge in [-0.15, -0.1) is 0 Å². The number of hydrogen-bond donors (Lipinski definition) is 1. The van der Waals surface area contributed by atoms with Crippen molar-refractivity contribution in [3.63, 3.8) is 0 Å². The molecule has 0 spiro atoms. The summed E-state index contributed by atoms with van der Waals surface area (Å²) in [5.74, 6) is -0.0419. The molecule has 0 aliphatic carbocycles. The van der Waals surface area contributed by atoms with Crippen LogP contribution in [-0.4, -0.2) is 17.8 Å². The van der Waals surface area contributed by atoms with Crippen molar-refractivity contribution in [1.82, 2.24) is 0 Å². The molecule has 2 nitrogen and oxygen atoms in total. The Labute approximate surface area is 89.7 Å². The minimum absolute atomic E-state index is 0.0356. The first-order valence-electron chi connectivity index (χ1n) is 5.11. The molecule has 84 valence electrons. The summed E-state index contributed by atoms with van der Waals surface area (Å²) < 4.78 is 18.6. The van der Waals surface area contributed by atoms with Crippen molar-refractivity contribution in [2.75, 3.05) is 6.61 Å². The van der Waals surface area contributed by atoms with Gasteiger partial charge in [-0.1, -0.05) is 32.0 Å². The number of aliphatic hydroxyl groups excluding tert-OH is 1. The highest BCUT2D eigenvalue weighted by atomic mass is 19.1. The van der Waals surface area contributed by atoms with Gasteiger partial charge in [0, 0.05) is 5.56 Å². The molecule has 1 rings (SSSR count). The number of rotatable bonds is 5. The van der Waals surface area contributed by atoms with Crippen molar-refractivity contribution >= 4 is 0 Å². The molecule has 0 saturated heterocycles. The third-order valence-corrected chi connectivity index (χ3v) is 2.33. The fraction of sp³-hybridized carbons (Fsp3) is 0.500. The van der Waals surface area contributed by atoms with Gasteiger partial charge in [0.25, 0.3) is 0 Å². The van der Waals surface area contributed by atoms with Gasteiger partial charge in [-0.25, -0.2) is 4.39 Å². The van der Waals surface area contributed by atoms with Gasteiger partial charge in [-0.3, -0.25) is 0 Å². The van der Waals surface area contributed by atoms with Crippen LogP contribution in [0.15, 0.2) is 24.3 Å². The number of hydrogen-bond acceptors (Lipinski definition) is 2. The maximum absolute atomic E-state index is 13.2. The Hall–Kier alpha value is -0.930. The van der Waals surface area contributed by atoms with E-state index in [0.29, 0.717) is 5.56 Å². The van der Waals surface area contributed by atoms with Crippen LogP contribution in [0.5, 0.6) is 0 Å². The molecule has 0 heterocycles. The highest BCUT2D eigenvalue weighted by Crippen LogP contribution is 2.12. The topological polar surface area (TPSA) is 29.5 Å². The van der Waals surface area contributed by atoms with E-state index in [1.54, 1.807) is 18.2 Å². The lowest BCUT2D eigenvalue weighted by Gasteiger charge is -2.19. The van der Waals surface area contributed by atoms with Gasteiger partial charge in [-0.2, -0.15) is 0 Å². The third-order valence-electron chi connectivity index (χ3n) is 2.33. The van der Waals surface area contributed by atoms with Crippen LogP contribution in [0.25, 0.3) is 0 Å². The van der Waals surface area contributed by atoms with Crippen molar-refractivity contribution in [3.05, 3.63) is 35.6 Å². The molecule has 0 aliphatic rings. The summed E-state index contributed by atoms with van der Waals surface area (Å²) in [6, 6.07) is 6.50. The molecule has 3 heteroatoms. The lowest BCUT2D eigenvalue weighted by atomic mass is 10.1. The minimum atomic E-state index is -0.266. The standard InChI is InChI=1S/C12H17FO2/c1-9(2)12(7-14)15-8-10-5-3-4-6-11(10)13/h3-6,9,12,14H,7-8H2,1-2H3/t12-/m1/s1. The highest BCUT2D eigenvalue weighted by Gasteiger charge is 2.13. The molecule has 0 radical (unpaired) electrons. The van der Waals surface area contributed by atoms with E-state index >= 15 is 0 Å². The van der Waals surface area contributed by atoms with E-state index in [1.165, 1.54) is 6.07 Å². The van der Waals surface area contributed by atoms with Gasteiger partial charge in [-0.05, 0) is 12.0 Å². The summed E-state index contributed by atoms with van der Waals surface area (Å²) in [6.45, 7) is 4.09. The molecule has 0 aromatic heterocycles. The summed E-state index contributed by atoms with van der Waals surface area (Å²) in [5, 5.41) is 9.03. The normalized spacial score (nSPS) is 13.1. The maximum atomic E-state index is 13.2. The predicted molar refractivity (Wildman–Crippen MR) is 56.9 cm³/mol. The molecule has 0 unspecified atom stereocenters. The molecule has 0 saturated carbocycles. The Morgan fingerprint density at radius 2 is 2.00 bits per heavy atom. The molecular formula is C12H17FO2. The number of halogens is 1. The Morgan fingerprint density at radius 3 is 2.53 bits per heavy atom. The van der Waals surface area contributed by atoms with Crippen LogP contribution in [-0.2, 0) is 11.3 Å². The van der Waals surface area contributed by atoms with E-state index in [1.807, 2.05) is 13.8 Å². The minimum Gasteiger partial charge on any atom is -0.394 e. The zero-order chi connectivity index (χ0) is 11.3. The van der Waals surface area contributed by atoms with Crippen molar-refractivity contribution in [1.29, 1.82) is 0 Å². The molecular weight excluding hydrogens is 195 g/mol. The SMILES string of the molecule is CC(C)[C@@H](CO)OCc1ccccc1F. The molecule has 0 amide bonds. The van der Waals surface area contributed by atoms with Crippen molar-refractivity contribution in [2.24, 2.45) is 5.92 Å². The average Bonchev–Trinajstić information content (AvgIpc) is 2.21. The highest BCUT2D eigenvalue weighted by molar-refractivity contribution is 5.16. The maximum Gasteiger partial charge on any atom is 0.128 e. The second kappa shape index (κ2) is 5.83. The Morgan fingerprint density at radius 1 is 1.33 bits per heavy atom. The predicted octanol–water partition coefficient (Wildman–Crippen LogP) is 2.36. The van der Waals surface area contributed by atoms with Crippen molar-refractivity contribution in [2.45, 2.75) is 26.6 Å². The second-order valence-corrected chi connectivity index (χ2v) is 3.87. The molecule has 0 bridgehead atoms.